The number of urea groups is 1. The van der Waals surface area contributed by atoms with Crippen molar-refractivity contribution < 1.29 is 9.63 Å². The molecule has 24 heavy (non-hydrogen) atoms. The molecule has 0 spiro atoms. The van der Waals surface area contributed by atoms with E-state index in [0.717, 1.165) is 10.2 Å². The topological polar surface area (TPSA) is 54.5 Å². The van der Waals surface area contributed by atoms with Crippen LogP contribution in [0.4, 0.5) is 4.79 Å². The van der Waals surface area contributed by atoms with Crippen LogP contribution in [0.15, 0.2) is 47.1 Å². The molecule has 0 unspecified atom stereocenters. The molecule has 0 atom stereocenters. The van der Waals surface area contributed by atoms with Crippen molar-refractivity contribution in [3.8, 4) is 5.75 Å². The van der Waals surface area contributed by atoms with Crippen LogP contribution in [0.2, 0.25) is 5.02 Å². The zero-order valence-corrected chi connectivity index (χ0v) is 16.1. The van der Waals surface area contributed by atoms with E-state index in [4.69, 9.17) is 16.4 Å². The third-order valence-corrected chi connectivity index (χ3v) is 3.97. The first kappa shape index (κ1) is 18.5. The third-order valence-electron chi connectivity index (χ3n) is 3.29. The van der Waals surface area contributed by atoms with E-state index in [1.54, 1.807) is 24.4 Å². The van der Waals surface area contributed by atoms with Gasteiger partial charge < -0.3 is 10.2 Å². The molecule has 0 saturated heterocycles. The highest BCUT2D eigenvalue weighted by atomic mass is 79.9. The summed E-state index contributed by atoms with van der Waals surface area (Å²) in [5, 5.41) is 4.68. The van der Waals surface area contributed by atoms with Crippen molar-refractivity contribution in [1.29, 1.82) is 0 Å². The fourth-order valence-corrected chi connectivity index (χ4v) is 2.91. The quantitative estimate of drug-likeness (QED) is 0.721. The monoisotopic (exact) mass is 411 g/mol. The second kappa shape index (κ2) is 7.85. The first-order valence-corrected chi connectivity index (χ1v) is 8.64. The molecule has 2 rings (SSSR count). The minimum absolute atomic E-state index is 0.357. The molecule has 7 heteroatoms. The molecule has 1 aromatic carbocycles. The van der Waals surface area contributed by atoms with Gasteiger partial charge in [0.05, 0.1) is 17.8 Å². The summed E-state index contributed by atoms with van der Waals surface area (Å²) < 4.78 is 0.773. The number of carbonyl (C=O) groups excluding carboxylic acids is 1. The van der Waals surface area contributed by atoms with Gasteiger partial charge in [0.2, 0.25) is 0 Å². The molecule has 0 aliphatic rings. The molecule has 0 aliphatic heterocycles. The first-order valence-electron chi connectivity index (χ1n) is 7.47. The summed E-state index contributed by atoms with van der Waals surface area (Å²) in [6.07, 6.45) is 1.70. The molecule has 0 fully saturated rings. The summed E-state index contributed by atoms with van der Waals surface area (Å²) in [6, 6.07) is 10.4. The van der Waals surface area contributed by atoms with Crippen molar-refractivity contribution in [1.82, 2.24) is 15.4 Å². The van der Waals surface area contributed by atoms with E-state index >= 15 is 0 Å². The number of amides is 2. The number of halogens is 2. The lowest BCUT2D eigenvalue weighted by atomic mass is 10.0. The lowest BCUT2D eigenvalue weighted by Gasteiger charge is -2.29. The second-order valence-electron chi connectivity index (χ2n) is 5.66. The van der Waals surface area contributed by atoms with Gasteiger partial charge in [0.15, 0.2) is 5.75 Å². The minimum Gasteiger partial charge on any atom is -0.375 e. The number of carbonyl (C=O) groups is 1. The zero-order valence-electron chi connectivity index (χ0n) is 13.7. The maximum atomic E-state index is 12.6. The molecule has 0 bridgehead atoms. The lowest BCUT2D eigenvalue weighted by molar-refractivity contribution is -0.0115. The summed E-state index contributed by atoms with van der Waals surface area (Å²) in [6.45, 7) is 5.97. The Hall–Kier alpha value is -1.79. The fraction of sp³-hybridized carbons (Fsp3) is 0.294. The summed E-state index contributed by atoms with van der Waals surface area (Å²) in [5.74, 6) is 0.474. The number of rotatable bonds is 5. The Morgan fingerprint density at radius 2 is 2.12 bits per heavy atom. The number of benzene rings is 1. The molecule has 128 valence electrons. The maximum absolute atomic E-state index is 12.6. The highest BCUT2D eigenvalue weighted by Crippen LogP contribution is 2.25. The molecule has 2 amide bonds. The molecular weight excluding hydrogens is 394 g/mol. The zero-order chi connectivity index (χ0) is 17.7. The van der Waals surface area contributed by atoms with Gasteiger partial charge in [-0.3, -0.25) is 4.98 Å². The van der Waals surface area contributed by atoms with Crippen molar-refractivity contribution in [2.24, 2.45) is 0 Å². The number of aromatic nitrogens is 1. The van der Waals surface area contributed by atoms with Crippen LogP contribution in [-0.4, -0.2) is 22.6 Å². The van der Waals surface area contributed by atoms with Crippen LogP contribution in [0.25, 0.3) is 0 Å². The molecule has 0 radical (unpaired) electrons. The number of nitrogens with one attached hydrogen (secondary N) is 1. The van der Waals surface area contributed by atoms with E-state index in [0.29, 0.717) is 17.3 Å². The molecule has 0 saturated carbocycles. The van der Waals surface area contributed by atoms with Gasteiger partial charge in [0.25, 0.3) is 0 Å². The largest absolute Gasteiger partial charge is 0.375 e. The third kappa shape index (κ3) is 4.85. The number of hydrogen-bond donors (Lipinski definition) is 1. The predicted octanol–water partition coefficient (Wildman–Crippen LogP) is 4.76. The van der Waals surface area contributed by atoms with Gasteiger partial charge in [-0.1, -0.05) is 33.6 Å². The van der Waals surface area contributed by atoms with E-state index in [2.05, 4.69) is 26.2 Å². The van der Waals surface area contributed by atoms with Crippen LogP contribution in [-0.2, 0) is 5.54 Å². The number of hydrogen-bond acceptors (Lipinski definition) is 3. The van der Waals surface area contributed by atoms with E-state index in [-0.39, 0.29) is 6.03 Å². The molecule has 5 nitrogen and oxygen atoms in total. The van der Waals surface area contributed by atoms with Gasteiger partial charge in [-0.05, 0) is 45.0 Å². The fourth-order valence-electron chi connectivity index (χ4n) is 2.08. The van der Waals surface area contributed by atoms with E-state index < -0.39 is 5.54 Å². The predicted molar refractivity (Wildman–Crippen MR) is 98.0 cm³/mol. The highest BCUT2D eigenvalue weighted by Gasteiger charge is 2.27. The van der Waals surface area contributed by atoms with E-state index in [1.807, 2.05) is 39.0 Å². The Morgan fingerprint density at radius 1 is 1.38 bits per heavy atom. The van der Waals surface area contributed by atoms with Crippen molar-refractivity contribution in [2.45, 2.75) is 26.3 Å². The molecule has 2 aromatic rings. The van der Waals surface area contributed by atoms with E-state index in [1.165, 1.54) is 5.06 Å². The van der Waals surface area contributed by atoms with Gasteiger partial charge in [-0.2, -0.15) is 5.06 Å². The number of hydroxylamine groups is 2. The van der Waals surface area contributed by atoms with Crippen LogP contribution in [0.3, 0.4) is 0 Å². The van der Waals surface area contributed by atoms with Gasteiger partial charge >= 0.3 is 6.03 Å². The van der Waals surface area contributed by atoms with Crippen LogP contribution in [0.1, 0.15) is 26.5 Å². The van der Waals surface area contributed by atoms with Gasteiger partial charge in [-0.25, -0.2) is 4.79 Å². The Morgan fingerprint density at radius 3 is 2.71 bits per heavy atom. The van der Waals surface area contributed by atoms with Crippen molar-refractivity contribution in [3.05, 3.63) is 57.8 Å². The number of pyridine rings is 1. The Labute approximate surface area is 155 Å². The SMILES string of the molecule is CCN(Oc1cc(Cl)cc(Br)c1)C(=O)NC(C)(C)c1ccccn1. The normalized spacial score (nSPS) is 11.0. The van der Waals surface area contributed by atoms with Gasteiger partial charge in [0.1, 0.15) is 0 Å². The number of nitrogens with zero attached hydrogens (tertiary/aromatic N) is 2. The van der Waals surface area contributed by atoms with Crippen LogP contribution >= 0.6 is 27.5 Å². The van der Waals surface area contributed by atoms with Crippen LogP contribution < -0.4 is 10.2 Å². The molecule has 1 N–H and O–H groups in total. The van der Waals surface area contributed by atoms with Crippen LogP contribution in [0, 0.1) is 0 Å². The molecular formula is C17H19BrClN3O2. The first-order chi connectivity index (χ1) is 11.3. The molecule has 1 heterocycles. The Balaban J connectivity index is 2.11. The molecule has 0 aliphatic carbocycles. The average molecular weight is 413 g/mol. The maximum Gasteiger partial charge on any atom is 0.351 e. The Kier molecular flexibility index (Phi) is 6.07. The molecule has 1 aromatic heterocycles. The van der Waals surface area contributed by atoms with Crippen molar-refractivity contribution >= 4 is 33.6 Å². The minimum atomic E-state index is -0.635. The van der Waals surface area contributed by atoms with Crippen molar-refractivity contribution in [2.75, 3.05) is 6.54 Å². The van der Waals surface area contributed by atoms with Crippen LogP contribution in [0.5, 0.6) is 5.75 Å². The average Bonchev–Trinajstić information content (AvgIpc) is 2.52. The van der Waals surface area contributed by atoms with E-state index in [9.17, 15) is 4.79 Å². The standard InChI is InChI=1S/C17H19BrClN3O2/c1-4-22(24-14-10-12(18)9-13(19)11-14)16(23)21-17(2,3)15-7-5-6-8-20-15/h5-11H,4H2,1-3H3,(H,21,23). The van der Waals surface area contributed by atoms with Gasteiger partial charge in [0, 0.05) is 21.8 Å². The Bertz CT molecular complexity index is 690. The summed E-state index contributed by atoms with van der Waals surface area (Å²) >= 11 is 9.35. The highest BCUT2D eigenvalue weighted by molar-refractivity contribution is 9.10. The lowest BCUT2D eigenvalue weighted by Crippen LogP contribution is -2.49. The van der Waals surface area contributed by atoms with Crippen molar-refractivity contribution in [3.63, 3.8) is 0 Å². The second-order valence-corrected chi connectivity index (χ2v) is 7.01. The summed E-state index contributed by atoms with van der Waals surface area (Å²) in [5.41, 5.74) is 0.129. The summed E-state index contributed by atoms with van der Waals surface area (Å²) in [7, 11) is 0. The smallest absolute Gasteiger partial charge is 0.351 e. The summed E-state index contributed by atoms with van der Waals surface area (Å²) in [4.78, 5) is 22.5. The van der Waals surface area contributed by atoms with Gasteiger partial charge in [-0.15, -0.1) is 0 Å².